The van der Waals surface area contributed by atoms with E-state index in [1.807, 2.05) is 43.3 Å². The molecule has 6 heteroatoms. The van der Waals surface area contributed by atoms with Gasteiger partial charge in [-0.3, -0.25) is 9.59 Å². The second-order valence-corrected chi connectivity index (χ2v) is 5.77. The van der Waals surface area contributed by atoms with Crippen molar-refractivity contribution in [3.63, 3.8) is 0 Å². The van der Waals surface area contributed by atoms with Crippen molar-refractivity contribution >= 4 is 17.5 Å². The zero-order valence-electron chi connectivity index (χ0n) is 14.0. The Morgan fingerprint density at radius 3 is 2.60 bits per heavy atom. The SMILES string of the molecule is Cc1ccccc1NC(=O)CCNC(=O)C1COc2ccccc2O1. The number of aryl methyl sites for hydroxylation is 1. The lowest BCUT2D eigenvalue weighted by Crippen LogP contribution is -2.44. The summed E-state index contributed by atoms with van der Waals surface area (Å²) < 4.78 is 11.1. The van der Waals surface area contributed by atoms with Crippen LogP contribution in [0.15, 0.2) is 48.5 Å². The fourth-order valence-electron chi connectivity index (χ4n) is 2.49. The van der Waals surface area contributed by atoms with Gasteiger partial charge in [-0.1, -0.05) is 30.3 Å². The Kier molecular flexibility index (Phi) is 5.18. The molecule has 1 unspecified atom stereocenters. The second-order valence-electron chi connectivity index (χ2n) is 5.77. The third kappa shape index (κ3) is 4.29. The highest BCUT2D eigenvalue weighted by Gasteiger charge is 2.26. The van der Waals surface area contributed by atoms with E-state index < -0.39 is 6.10 Å². The molecule has 2 N–H and O–H groups in total. The number of anilines is 1. The molecule has 0 saturated heterocycles. The number of carbonyl (C=O) groups is 2. The predicted molar refractivity (Wildman–Crippen MR) is 93.8 cm³/mol. The number of ether oxygens (including phenoxy) is 2. The first-order chi connectivity index (χ1) is 12.1. The van der Waals surface area contributed by atoms with E-state index in [-0.39, 0.29) is 31.4 Å². The van der Waals surface area contributed by atoms with Gasteiger partial charge >= 0.3 is 0 Å². The van der Waals surface area contributed by atoms with Gasteiger partial charge in [-0.15, -0.1) is 0 Å². The highest BCUT2D eigenvalue weighted by Crippen LogP contribution is 2.30. The molecule has 1 atom stereocenters. The lowest BCUT2D eigenvalue weighted by Gasteiger charge is -2.25. The summed E-state index contributed by atoms with van der Waals surface area (Å²) in [5.74, 6) is 0.731. The fraction of sp³-hybridized carbons (Fsp3) is 0.263. The first-order valence-corrected chi connectivity index (χ1v) is 8.15. The van der Waals surface area contributed by atoms with Crippen molar-refractivity contribution in [2.45, 2.75) is 19.4 Å². The molecule has 1 aliphatic heterocycles. The molecule has 0 aliphatic carbocycles. The molecule has 2 amide bonds. The van der Waals surface area contributed by atoms with Gasteiger partial charge in [0.05, 0.1) is 0 Å². The first kappa shape index (κ1) is 16.8. The number of fused-ring (bicyclic) bond motifs is 1. The normalized spacial score (nSPS) is 15.3. The molecule has 0 bridgehead atoms. The van der Waals surface area contributed by atoms with Crippen molar-refractivity contribution in [1.82, 2.24) is 5.32 Å². The first-order valence-electron chi connectivity index (χ1n) is 8.15. The molecule has 0 spiro atoms. The molecule has 2 aromatic carbocycles. The van der Waals surface area contributed by atoms with Gasteiger partial charge in [-0.2, -0.15) is 0 Å². The molecular weight excluding hydrogens is 320 g/mol. The maximum atomic E-state index is 12.2. The largest absolute Gasteiger partial charge is 0.485 e. The van der Waals surface area contributed by atoms with Gasteiger partial charge in [0.25, 0.3) is 5.91 Å². The highest BCUT2D eigenvalue weighted by atomic mass is 16.6. The van der Waals surface area contributed by atoms with Crippen LogP contribution >= 0.6 is 0 Å². The lowest BCUT2D eigenvalue weighted by atomic mass is 10.2. The van der Waals surface area contributed by atoms with E-state index in [1.165, 1.54) is 0 Å². The quantitative estimate of drug-likeness (QED) is 0.875. The Morgan fingerprint density at radius 2 is 1.80 bits per heavy atom. The summed E-state index contributed by atoms with van der Waals surface area (Å²) in [6.07, 6.45) is -0.529. The molecule has 3 rings (SSSR count). The lowest BCUT2D eigenvalue weighted by molar-refractivity contribution is -0.130. The third-order valence-electron chi connectivity index (χ3n) is 3.87. The van der Waals surface area contributed by atoms with E-state index in [4.69, 9.17) is 9.47 Å². The van der Waals surface area contributed by atoms with Crippen LogP contribution in [0.3, 0.4) is 0 Å². The molecule has 0 radical (unpaired) electrons. The Hall–Kier alpha value is -3.02. The summed E-state index contributed by atoms with van der Waals surface area (Å²) in [5.41, 5.74) is 1.77. The average molecular weight is 340 g/mol. The highest BCUT2D eigenvalue weighted by molar-refractivity contribution is 5.92. The van der Waals surface area contributed by atoms with Crippen LogP contribution in [0.4, 0.5) is 5.69 Å². The minimum absolute atomic E-state index is 0.151. The van der Waals surface area contributed by atoms with Gasteiger partial charge in [0.1, 0.15) is 6.61 Å². The van der Waals surface area contributed by atoms with Crippen LogP contribution in [0, 0.1) is 6.92 Å². The summed E-state index contributed by atoms with van der Waals surface area (Å²) in [5, 5.41) is 5.54. The Morgan fingerprint density at radius 1 is 1.08 bits per heavy atom. The molecule has 0 aromatic heterocycles. The molecule has 2 aromatic rings. The summed E-state index contributed by atoms with van der Waals surface area (Å²) >= 11 is 0. The fourth-order valence-corrected chi connectivity index (χ4v) is 2.49. The topological polar surface area (TPSA) is 76.7 Å². The van der Waals surface area contributed by atoms with Crippen molar-refractivity contribution in [1.29, 1.82) is 0 Å². The van der Waals surface area contributed by atoms with Gasteiger partial charge in [0.15, 0.2) is 11.5 Å². The molecule has 6 nitrogen and oxygen atoms in total. The van der Waals surface area contributed by atoms with E-state index in [9.17, 15) is 9.59 Å². The third-order valence-corrected chi connectivity index (χ3v) is 3.87. The number of rotatable bonds is 5. The molecule has 0 fully saturated rings. The van der Waals surface area contributed by atoms with E-state index in [0.717, 1.165) is 11.3 Å². The number of hydrogen-bond donors (Lipinski definition) is 2. The van der Waals surface area contributed by atoms with Crippen LogP contribution < -0.4 is 20.1 Å². The number of nitrogens with one attached hydrogen (secondary N) is 2. The minimum Gasteiger partial charge on any atom is -0.485 e. The van der Waals surface area contributed by atoms with Gasteiger partial charge in [0.2, 0.25) is 12.0 Å². The zero-order valence-corrected chi connectivity index (χ0v) is 14.0. The van der Waals surface area contributed by atoms with E-state index >= 15 is 0 Å². The zero-order chi connectivity index (χ0) is 17.6. The molecule has 1 aliphatic rings. The summed E-state index contributed by atoms with van der Waals surface area (Å²) in [4.78, 5) is 24.1. The van der Waals surface area contributed by atoms with Gasteiger partial charge < -0.3 is 20.1 Å². The van der Waals surface area contributed by atoms with Crippen LogP contribution in [0.2, 0.25) is 0 Å². The minimum atomic E-state index is -0.714. The van der Waals surface area contributed by atoms with Crippen LogP contribution in [0.1, 0.15) is 12.0 Å². The van der Waals surface area contributed by atoms with E-state index in [2.05, 4.69) is 10.6 Å². The molecule has 25 heavy (non-hydrogen) atoms. The monoisotopic (exact) mass is 340 g/mol. The standard InChI is InChI=1S/C19H20N2O4/c1-13-6-2-3-7-14(13)21-18(22)10-11-20-19(23)17-12-24-15-8-4-5-9-16(15)25-17/h2-9,17H,10-12H2,1H3,(H,20,23)(H,21,22). The Bertz CT molecular complexity index is 776. The van der Waals surface area contributed by atoms with Crippen LogP contribution in [0.5, 0.6) is 11.5 Å². The number of carbonyl (C=O) groups excluding carboxylic acids is 2. The van der Waals surface area contributed by atoms with Crippen molar-refractivity contribution < 1.29 is 19.1 Å². The van der Waals surface area contributed by atoms with E-state index in [0.29, 0.717) is 11.5 Å². The molecule has 0 saturated carbocycles. The van der Waals surface area contributed by atoms with E-state index in [1.54, 1.807) is 12.1 Å². The smallest absolute Gasteiger partial charge is 0.264 e. The summed E-state index contributed by atoms with van der Waals surface area (Å²) in [6.45, 7) is 2.31. The molecule has 1 heterocycles. The Labute approximate surface area is 146 Å². The van der Waals surface area contributed by atoms with Gasteiger partial charge in [-0.05, 0) is 30.7 Å². The number of hydrogen-bond acceptors (Lipinski definition) is 4. The number of benzene rings is 2. The predicted octanol–water partition coefficient (Wildman–Crippen LogP) is 2.28. The number of amides is 2. The summed E-state index contributed by atoms with van der Waals surface area (Å²) in [6, 6.07) is 14.8. The second kappa shape index (κ2) is 7.70. The Balaban J connectivity index is 1.44. The molecule has 130 valence electrons. The maximum Gasteiger partial charge on any atom is 0.264 e. The van der Waals surface area contributed by atoms with Gasteiger partial charge in [0, 0.05) is 18.7 Å². The summed E-state index contributed by atoms with van der Waals surface area (Å²) in [7, 11) is 0. The number of para-hydroxylation sites is 3. The average Bonchev–Trinajstić information content (AvgIpc) is 2.63. The maximum absolute atomic E-state index is 12.2. The van der Waals surface area contributed by atoms with Gasteiger partial charge in [-0.25, -0.2) is 0 Å². The van der Waals surface area contributed by atoms with Crippen molar-refractivity contribution in [2.24, 2.45) is 0 Å². The van der Waals surface area contributed by atoms with Crippen LogP contribution in [-0.4, -0.2) is 31.1 Å². The van der Waals surface area contributed by atoms with Crippen molar-refractivity contribution in [2.75, 3.05) is 18.5 Å². The van der Waals surface area contributed by atoms with Crippen LogP contribution in [0.25, 0.3) is 0 Å². The van der Waals surface area contributed by atoms with Crippen molar-refractivity contribution in [3.05, 3.63) is 54.1 Å². The molecular formula is C19H20N2O4. The van der Waals surface area contributed by atoms with Crippen LogP contribution in [-0.2, 0) is 9.59 Å². The van der Waals surface area contributed by atoms with Crippen molar-refractivity contribution in [3.8, 4) is 11.5 Å².